The van der Waals surface area contributed by atoms with Crippen LogP contribution in [0.4, 0.5) is 26.3 Å². The van der Waals surface area contributed by atoms with E-state index in [0.717, 1.165) is 38.9 Å². The van der Waals surface area contributed by atoms with Gasteiger partial charge in [-0.15, -0.1) is 0 Å². The number of rotatable bonds is 5. The van der Waals surface area contributed by atoms with Crippen LogP contribution in [0.25, 0.3) is 0 Å². The number of amides is 1. The monoisotopic (exact) mass is 529 g/mol. The molecule has 0 radical (unpaired) electrons. The second-order valence-electron chi connectivity index (χ2n) is 8.50. The Morgan fingerprint density at radius 1 is 1.06 bits per heavy atom. The molecule has 3 heterocycles. The van der Waals surface area contributed by atoms with Crippen LogP contribution >= 0.6 is 0 Å². The summed E-state index contributed by atoms with van der Waals surface area (Å²) in [5, 5.41) is 17.3. The van der Waals surface area contributed by atoms with Crippen molar-refractivity contribution in [1.82, 2.24) is 15.2 Å². The van der Waals surface area contributed by atoms with Crippen LogP contribution in [0.3, 0.4) is 0 Å². The number of carboxylic acid groups (broad SMARTS) is 2. The maximum atomic E-state index is 11.9. The van der Waals surface area contributed by atoms with Gasteiger partial charge < -0.3 is 20.3 Å². The van der Waals surface area contributed by atoms with E-state index in [1.54, 1.807) is 0 Å². The Kier molecular flexibility index (Phi) is 10.0. The summed E-state index contributed by atoms with van der Waals surface area (Å²) in [6.45, 7) is 2.98. The van der Waals surface area contributed by atoms with Crippen molar-refractivity contribution in [2.45, 2.75) is 62.8 Å². The lowest BCUT2D eigenvalue weighted by atomic mass is 10.0. The SMILES string of the molecule is O=C(C[C@@H]1C[C@H]2CN(Cc3cccnc3)C[C@H]2O1)NC1CC1.O=C(O)C(F)(F)F.O=C(O)C(F)(F)F. The molecule has 1 aliphatic carbocycles. The number of carboxylic acids is 2. The minimum absolute atomic E-state index is 0.120. The highest BCUT2D eigenvalue weighted by Gasteiger charge is 2.42. The summed E-state index contributed by atoms with van der Waals surface area (Å²) in [6, 6.07) is 4.55. The maximum Gasteiger partial charge on any atom is 0.490 e. The zero-order valence-corrected chi connectivity index (χ0v) is 18.8. The van der Waals surface area contributed by atoms with Gasteiger partial charge in [0.05, 0.1) is 18.6 Å². The average molecular weight is 529 g/mol. The molecule has 0 aromatic carbocycles. The van der Waals surface area contributed by atoms with Gasteiger partial charge >= 0.3 is 24.3 Å². The Labute approximate surface area is 201 Å². The van der Waals surface area contributed by atoms with Crippen molar-refractivity contribution in [3.05, 3.63) is 30.1 Å². The van der Waals surface area contributed by atoms with Crippen molar-refractivity contribution in [2.75, 3.05) is 13.1 Å². The quantitative estimate of drug-likeness (QED) is 0.497. The van der Waals surface area contributed by atoms with Gasteiger partial charge in [-0.2, -0.15) is 26.3 Å². The normalized spacial score (nSPS) is 23.4. The molecule has 202 valence electrons. The van der Waals surface area contributed by atoms with Gasteiger partial charge in [0.2, 0.25) is 5.91 Å². The first-order chi connectivity index (χ1) is 16.6. The van der Waals surface area contributed by atoms with Crippen molar-refractivity contribution in [2.24, 2.45) is 5.92 Å². The van der Waals surface area contributed by atoms with E-state index < -0.39 is 24.3 Å². The van der Waals surface area contributed by atoms with Gasteiger partial charge in [-0.25, -0.2) is 9.59 Å². The molecule has 1 aromatic rings. The van der Waals surface area contributed by atoms with Gasteiger partial charge in [-0.05, 0) is 30.9 Å². The first-order valence-corrected chi connectivity index (χ1v) is 10.8. The fourth-order valence-corrected chi connectivity index (χ4v) is 3.68. The first kappa shape index (κ1) is 29.3. The lowest BCUT2D eigenvalue weighted by molar-refractivity contribution is -0.193. The molecule has 1 aromatic heterocycles. The summed E-state index contributed by atoms with van der Waals surface area (Å²) >= 11 is 0. The highest BCUT2D eigenvalue weighted by molar-refractivity contribution is 5.77. The molecule has 3 atom stereocenters. The molecule has 0 spiro atoms. The minimum Gasteiger partial charge on any atom is -0.475 e. The lowest BCUT2D eigenvalue weighted by Crippen LogP contribution is -2.30. The number of carbonyl (C=O) groups excluding carboxylic acids is 1. The Morgan fingerprint density at radius 3 is 2.08 bits per heavy atom. The van der Waals surface area contributed by atoms with Crippen molar-refractivity contribution in [3.8, 4) is 0 Å². The van der Waals surface area contributed by atoms with E-state index in [1.165, 1.54) is 5.56 Å². The second-order valence-corrected chi connectivity index (χ2v) is 8.50. The summed E-state index contributed by atoms with van der Waals surface area (Å²) in [7, 11) is 0. The molecular weight excluding hydrogens is 504 g/mol. The van der Waals surface area contributed by atoms with E-state index in [9.17, 15) is 31.1 Å². The topological polar surface area (TPSA) is 129 Å². The molecule has 2 aliphatic heterocycles. The molecular formula is C21H25F6N3O6. The second kappa shape index (κ2) is 12.3. The zero-order chi connectivity index (χ0) is 27.1. The molecule has 0 unspecified atom stereocenters. The average Bonchev–Trinajstić information content (AvgIpc) is 3.37. The Balaban J connectivity index is 0.000000271. The van der Waals surface area contributed by atoms with Crippen molar-refractivity contribution in [1.29, 1.82) is 0 Å². The number of hydrogen-bond acceptors (Lipinski definition) is 6. The molecule has 0 bridgehead atoms. The first-order valence-electron chi connectivity index (χ1n) is 10.8. The number of likely N-dealkylation sites (tertiary alicyclic amines) is 1. The fourth-order valence-electron chi connectivity index (χ4n) is 3.68. The molecule has 3 fully saturated rings. The van der Waals surface area contributed by atoms with E-state index in [4.69, 9.17) is 24.5 Å². The number of aliphatic carboxylic acids is 2. The number of hydrogen-bond donors (Lipinski definition) is 3. The van der Waals surface area contributed by atoms with Crippen LogP contribution in [0, 0.1) is 5.92 Å². The number of ether oxygens (including phenoxy) is 1. The maximum absolute atomic E-state index is 11.9. The number of alkyl halides is 6. The highest BCUT2D eigenvalue weighted by atomic mass is 19.4. The molecule has 15 heteroatoms. The molecule has 2 saturated heterocycles. The molecule has 3 N–H and O–H groups in total. The zero-order valence-electron chi connectivity index (χ0n) is 18.8. The van der Waals surface area contributed by atoms with Crippen LogP contribution in [0.5, 0.6) is 0 Å². The predicted octanol–water partition coefficient (Wildman–Crippen LogP) is 2.61. The lowest BCUT2D eigenvalue weighted by Gasteiger charge is -2.18. The van der Waals surface area contributed by atoms with Crippen LogP contribution < -0.4 is 5.32 Å². The molecule has 1 saturated carbocycles. The summed E-state index contributed by atoms with van der Waals surface area (Å²) in [6.07, 6.45) is -2.16. The van der Waals surface area contributed by atoms with Crippen LogP contribution in [0.15, 0.2) is 24.5 Å². The number of pyridine rings is 1. The van der Waals surface area contributed by atoms with Crippen LogP contribution in [-0.4, -0.2) is 81.6 Å². The number of nitrogens with zero attached hydrogens (tertiary/aromatic N) is 2. The molecule has 1 amide bonds. The number of halogens is 6. The van der Waals surface area contributed by atoms with Gasteiger partial charge in [0.25, 0.3) is 0 Å². The third-order valence-electron chi connectivity index (χ3n) is 5.36. The van der Waals surface area contributed by atoms with Gasteiger partial charge in [-0.1, -0.05) is 6.07 Å². The molecule has 9 nitrogen and oxygen atoms in total. The van der Waals surface area contributed by atoms with Crippen LogP contribution in [-0.2, 0) is 25.7 Å². The third kappa shape index (κ3) is 10.4. The third-order valence-corrected chi connectivity index (χ3v) is 5.36. The largest absolute Gasteiger partial charge is 0.490 e. The Hall–Kier alpha value is -2.94. The van der Waals surface area contributed by atoms with Gasteiger partial charge in [0.1, 0.15) is 0 Å². The standard InChI is InChI=1S/C17H23N3O2.2C2HF3O2/c21-17(19-14-3-4-14)7-15-6-13-10-20(11-16(13)22-15)9-12-2-1-5-18-8-12;2*3-2(4,5)1(6)7/h1-2,5,8,13-16H,3-4,6-7,9-11H2,(H,19,21);2*(H,6,7)/t13-,15-,16+;;/m0../s1. The smallest absolute Gasteiger partial charge is 0.475 e. The fraction of sp³-hybridized carbons (Fsp3) is 0.619. The summed E-state index contributed by atoms with van der Waals surface area (Å²) in [5.74, 6) is -4.77. The summed E-state index contributed by atoms with van der Waals surface area (Å²) < 4.78 is 69.6. The van der Waals surface area contributed by atoms with Crippen molar-refractivity contribution in [3.63, 3.8) is 0 Å². The number of aromatic nitrogens is 1. The van der Waals surface area contributed by atoms with Crippen molar-refractivity contribution >= 4 is 17.8 Å². The summed E-state index contributed by atoms with van der Waals surface area (Å²) in [4.78, 5) is 36.3. The van der Waals surface area contributed by atoms with E-state index in [2.05, 4.69) is 21.3 Å². The number of carbonyl (C=O) groups is 3. The van der Waals surface area contributed by atoms with Gasteiger partial charge in [0.15, 0.2) is 0 Å². The molecule has 4 rings (SSSR count). The van der Waals surface area contributed by atoms with E-state index in [1.807, 2.05) is 18.5 Å². The Bertz CT molecular complexity index is 856. The molecule has 3 aliphatic rings. The van der Waals surface area contributed by atoms with Crippen LogP contribution in [0.1, 0.15) is 31.2 Å². The summed E-state index contributed by atoms with van der Waals surface area (Å²) in [5.41, 5.74) is 1.25. The minimum atomic E-state index is -5.08. The van der Waals surface area contributed by atoms with Gasteiger partial charge in [0, 0.05) is 44.0 Å². The van der Waals surface area contributed by atoms with Crippen LogP contribution in [0.2, 0.25) is 0 Å². The van der Waals surface area contributed by atoms with E-state index in [0.29, 0.717) is 24.5 Å². The van der Waals surface area contributed by atoms with E-state index in [-0.39, 0.29) is 12.0 Å². The van der Waals surface area contributed by atoms with E-state index >= 15 is 0 Å². The number of fused-ring (bicyclic) bond motifs is 1. The predicted molar refractivity (Wildman–Crippen MR) is 109 cm³/mol. The van der Waals surface area contributed by atoms with Gasteiger partial charge in [-0.3, -0.25) is 14.7 Å². The Morgan fingerprint density at radius 2 is 1.64 bits per heavy atom. The van der Waals surface area contributed by atoms with Crippen molar-refractivity contribution < 1.29 is 55.7 Å². The molecule has 36 heavy (non-hydrogen) atoms. The number of nitrogens with one attached hydrogen (secondary N) is 1. The highest BCUT2D eigenvalue weighted by Crippen LogP contribution is 2.35.